The summed E-state index contributed by atoms with van der Waals surface area (Å²) < 4.78 is 5.94. The molecule has 0 fully saturated rings. The van der Waals surface area contributed by atoms with E-state index in [1.54, 1.807) is 0 Å². The smallest absolute Gasteiger partial charge is 0.0842 e. The highest BCUT2D eigenvalue weighted by Gasteiger charge is 2.22. The molecule has 0 radical (unpaired) electrons. The van der Waals surface area contributed by atoms with Crippen LogP contribution in [0.4, 0.5) is 0 Å². The van der Waals surface area contributed by atoms with Crippen LogP contribution in [0.2, 0.25) is 0 Å². The molecule has 1 aromatic rings. The minimum absolute atomic E-state index is 0.281. The van der Waals surface area contributed by atoms with Crippen molar-refractivity contribution in [3.63, 3.8) is 0 Å². The molecule has 17 heavy (non-hydrogen) atoms. The molecule has 2 nitrogen and oxygen atoms in total. The Labute approximate surface area is 104 Å². The largest absolute Gasteiger partial charge is 0.373 e. The molecule has 1 aromatic carbocycles. The van der Waals surface area contributed by atoms with Gasteiger partial charge < -0.3 is 10.1 Å². The van der Waals surface area contributed by atoms with E-state index >= 15 is 0 Å². The highest BCUT2D eigenvalue weighted by molar-refractivity contribution is 5.30. The van der Waals surface area contributed by atoms with Crippen LogP contribution in [0, 0.1) is 0 Å². The Morgan fingerprint density at radius 1 is 1.41 bits per heavy atom. The van der Waals surface area contributed by atoms with Gasteiger partial charge in [-0.25, -0.2) is 0 Å². The molecule has 2 rings (SSSR count). The Kier molecular flexibility index (Phi) is 4.57. The van der Waals surface area contributed by atoms with Gasteiger partial charge in [0, 0.05) is 6.04 Å². The van der Waals surface area contributed by atoms with Crippen LogP contribution in [-0.2, 0) is 11.2 Å². The topological polar surface area (TPSA) is 21.3 Å². The van der Waals surface area contributed by atoms with Crippen LogP contribution in [0.1, 0.15) is 43.4 Å². The first-order valence-corrected chi connectivity index (χ1v) is 6.71. The standard InChI is InChI=1S/C15H23NO/c1-3-6-13(16-2)11-15-14-8-5-4-7-12(14)9-10-17-15/h4-5,7-8,13,15-16H,3,6,9-11H2,1-2H3. The third-order valence-corrected chi connectivity index (χ3v) is 3.64. The van der Waals surface area contributed by atoms with Crippen molar-refractivity contribution < 1.29 is 4.74 Å². The zero-order valence-electron chi connectivity index (χ0n) is 10.9. The second kappa shape index (κ2) is 6.18. The summed E-state index contributed by atoms with van der Waals surface area (Å²) in [6.07, 6.45) is 4.87. The van der Waals surface area contributed by atoms with E-state index < -0.39 is 0 Å². The highest BCUT2D eigenvalue weighted by Crippen LogP contribution is 2.30. The van der Waals surface area contributed by atoms with E-state index in [1.165, 1.54) is 24.0 Å². The second-order valence-electron chi connectivity index (χ2n) is 4.82. The van der Waals surface area contributed by atoms with Gasteiger partial charge in [0.15, 0.2) is 0 Å². The number of nitrogens with one attached hydrogen (secondary N) is 1. The fourth-order valence-corrected chi connectivity index (χ4v) is 2.66. The SMILES string of the molecule is CCCC(CC1OCCc2ccccc21)NC. The second-order valence-corrected chi connectivity index (χ2v) is 4.82. The number of hydrogen-bond donors (Lipinski definition) is 1. The molecule has 0 bridgehead atoms. The summed E-state index contributed by atoms with van der Waals surface area (Å²) in [5, 5.41) is 3.40. The predicted octanol–water partition coefficient (Wildman–Crippen LogP) is 3.08. The van der Waals surface area contributed by atoms with Gasteiger partial charge in [-0.3, -0.25) is 0 Å². The summed E-state index contributed by atoms with van der Waals surface area (Å²) >= 11 is 0. The molecule has 0 spiro atoms. The Morgan fingerprint density at radius 3 is 3.00 bits per heavy atom. The average molecular weight is 233 g/mol. The van der Waals surface area contributed by atoms with Crippen LogP contribution in [0.5, 0.6) is 0 Å². The molecule has 1 aliphatic rings. The highest BCUT2D eigenvalue weighted by atomic mass is 16.5. The summed E-state index contributed by atoms with van der Waals surface area (Å²) in [7, 11) is 2.05. The number of benzene rings is 1. The van der Waals surface area contributed by atoms with Crippen molar-refractivity contribution >= 4 is 0 Å². The Balaban J connectivity index is 2.07. The zero-order chi connectivity index (χ0) is 12.1. The molecule has 0 amide bonds. The van der Waals surface area contributed by atoms with Crippen LogP contribution in [0.3, 0.4) is 0 Å². The summed E-state index contributed by atoms with van der Waals surface area (Å²) in [6.45, 7) is 3.10. The van der Waals surface area contributed by atoms with Gasteiger partial charge in [-0.05, 0) is 37.4 Å². The lowest BCUT2D eigenvalue weighted by atomic mass is 9.92. The first-order chi connectivity index (χ1) is 8.35. The van der Waals surface area contributed by atoms with Gasteiger partial charge in [0.25, 0.3) is 0 Å². The predicted molar refractivity (Wildman–Crippen MR) is 71.2 cm³/mol. The van der Waals surface area contributed by atoms with Crippen molar-refractivity contribution in [2.45, 2.75) is 44.8 Å². The van der Waals surface area contributed by atoms with Gasteiger partial charge in [0.2, 0.25) is 0 Å². The maximum absolute atomic E-state index is 5.94. The van der Waals surface area contributed by atoms with Crippen LogP contribution in [-0.4, -0.2) is 19.7 Å². The molecular formula is C15H23NO. The van der Waals surface area contributed by atoms with E-state index in [1.807, 2.05) is 0 Å². The van der Waals surface area contributed by atoms with Gasteiger partial charge in [0.05, 0.1) is 12.7 Å². The third kappa shape index (κ3) is 3.08. The number of rotatable bonds is 5. The first kappa shape index (κ1) is 12.6. The van der Waals surface area contributed by atoms with Crippen molar-refractivity contribution in [2.24, 2.45) is 0 Å². The molecule has 1 aliphatic heterocycles. The quantitative estimate of drug-likeness (QED) is 0.844. The van der Waals surface area contributed by atoms with E-state index in [0.29, 0.717) is 6.04 Å². The maximum atomic E-state index is 5.94. The molecule has 0 aliphatic carbocycles. The molecule has 0 saturated carbocycles. The molecule has 2 atom stereocenters. The molecule has 94 valence electrons. The normalized spacial score (nSPS) is 20.9. The molecule has 0 aromatic heterocycles. The first-order valence-electron chi connectivity index (χ1n) is 6.71. The molecule has 0 saturated heterocycles. The van der Waals surface area contributed by atoms with Gasteiger partial charge in [-0.15, -0.1) is 0 Å². The summed E-state index contributed by atoms with van der Waals surface area (Å²) in [5.41, 5.74) is 2.87. The van der Waals surface area contributed by atoms with Crippen LogP contribution in [0.15, 0.2) is 24.3 Å². The van der Waals surface area contributed by atoms with Crippen molar-refractivity contribution in [3.8, 4) is 0 Å². The Hall–Kier alpha value is -0.860. The average Bonchev–Trinajstić information content (AvgIpc) is 2.38. The van der Waals surface area contributed by atoms with E-state index in [0.717, 1.165) is 19.4 Å². The Bertz CT molecular complexity index is 351. The minimum Gasteiger partial charge on any atom is -0.373 e. The van der Waals surface area contributed by atoms with Crippen LogP contribution < -0.4 is 5.32 Å². The number of fused-ring (bicyclic) bond motifs is 1. The lowest BCUT2D eigenvalue weighted by Gasteiger charge is -2.29. The van der Waals surface area contributed by atoms with Gasteiger partial charge in [-0.2, -0.15) is 0 Å². The summed E-state index contributed by atoms with van der Waals surface area (Å²) in [6, 6.07) is 9.27. The molecule has 1 heterocycles. The Morgan fingerprint density at radius 2 is 2.24 bits per heavy atom. The fraction of sp³-hybridized carbons (Fsp3) is 0.600. The summed E-state index contributed by atoms with van der Waals surface area (Å²) in [5.74, 6) is 0. The van der Waals surface area contributed by atoms with E-state index in [-0.39, 0.29) is 6.10 Å². The third-order valence-electron chi connectivity index (χ3n) is 3.64. The van der Waals surface area contributed by atoms with Crippen molar-refractivity contribution in [1.82, 2.24) is 5.32 Å². The van der Waals surface area contributed by atoms with E-state index in [2.05, 4.69) is 43.6 Å². The zero-order valence-corrected chi connectivity index (χ0v) is 10.9. The van der Waals surface area contributed by atoms with Gasteiger partial charge >= 0.3 is 0 Å². The van der Waals surface area contributed by atoms with Gasteiger partial charge in [-0.1, -0.05) is 37.6 Å². The van der Waals surface area contributed by atoms with E-state index in [4.69, 9.17) is 4.74 Å². The van der Waals surface area contributed by atoms with Crippen LogP contribution >= 0.6 is 0 Å². The summed E-state index contributed by atoms with van der Waals surface area (Å²) in [4.78, 5) is 0. The minimum atomic E-state index is 0.281. The van der Waals surface area contributed by atoms with Crippen molar-refractivity contribution in [3.05, 3.63) is 35.4 Å². The molecule has 2 heteroatoms. The van der Waals surface area contributed by atoms with Crippen molar-refractivity contribution in [2.75, 3.05) is 13.7 Å². The van der Waals surface area contributed by atoms with Crippen LogP contribution in [0.25, 0.3) is 0 Å². The fourth-order valence-electron chi connectivity index (χ4n) is 2.66. The van der Waals surface area contributed by atoms with Gasteiger partial charge in [0.1, 0.15) is 0 Å². The lowest BCUT2D eigenvalue weighted by Crippen LogP contribution is -2.29. The van der Waals surface area contributed by atoms with Crippen molar-refractivity contribution in [1.29, 1.82) is 0 Å². The molecular weight excluding hydrogens is 210 g/mol. The lowest BCUT2D eigenvalue weighted by molar-refractivity contribution is 0.0293. The maximum Gasteiger partial charge on any atom is 0.0842 e. The number of hydrogen-bond acceptors (Lipinski definition) is 2. The van der Waals surface area contributed by atoms with E-state index in [9.17, 15) is 0 Å². The number of ether oxygens (including phenoxy) is 1. The monoisotopic (exact) mass is 233 g/mol. The molecule has 2 unspecified atom stereocenters. The molecule has 1 N–H and O–H groups in total.